The van der Waals surface area contributed by atoms with E-state index in [1.807, 2.05) is 41.8 Å². The summed E-state index contributed by atoms with van der Waals surface area (Å²) >= 11 is 4.98. The summed E-state index contributed by atoms with van der Waals surface area (Å²) in [5, 5.41) is 1.97. The van der Waals surface area contributed by atoms with Crippen LogP contribution < -0.4 is 9.47 Å². The van der Waals surface area contributed by atoms with Crippen molar-refractivity contribution in [2.24, 2.45) is 0 Å². The van der Waals surface area contributed by atoms with E-state index in [2.05, 4.69) is 15.9 Å². The van der Waals surface area contributed by atoms with Gasteiger partial charge in [0.25, 0.3) is 0 Å². The molecule has 1 aromatic heterocycles. The predicted octanol–water partition coefficient (Wildman–Crippen LogP) is 5.71. The van der Waals surface area contributed by atoms with Crippen LogP contribution in [0, 0.1) is 0 Å². The molecule has 0 bridgehead atoms. The zero-order valence-corrected chi connectivity index (χ0v) is 15.5. The minimum Gasteiger partial charge on any atom is -0.489 e. The van der Waals surface area contributed by atoms with E-state index in [1.165, 1.54) is 0 Å². The molecule has 0 unspecified atom stereocenters. The first-order valence-electron chi connectivity index (χ1n) is 7.68. The Bertz CT molecular complexity index is 944. The second-order valence-corrected chi connectivity index (χ2v) is 7.42. The maximum absolute atomic E-state index is 12.4. The van der Waals surface area contributed by atoms with Gasteiger partial charge in [-0.05, 0) is 41.3 Å². The van der Waals surface area contributed by atoms with Crippen molar-refractivity contribution in [1.29, 1.82) is 0 Å². The highest BCUT2D eigenvalue weighted by molar-refractivity contribution is 9.10. The van der Waals surface area contributed by atoms with Crippen LogP contribution in [0.5, 0.6) is 11.5 Å². The van der Waals surface area contributed by atoms with Crippen molar-refractivity contribution in [3.8, 4) is 11.5 Å². The summed E-state index contributed by atoms with van der Waals surface area (Å²) < 4.78 is 12.6. The normalized spacial score (nSPS) is 14.4. The van der Waals surface area contributed by atoms with Crippen LogP contribution in [0.4, 0.5) is 0 Å². The average Bonchev–Trinajstić information content (AvgIpc) is 3.23. The highest BCUT2D eigenvalue weighted by Crippen LogP contribution is 2.35. The van der Waals surface area contributed by atoms with Gasteiger partial charge in [0.1, 0.15) is 18.1 Å². The van der Waals surface area contributed by atoms with Crippen molar-refractivity contribution in [2.75, 3.05) is 0 Å². The number of Topliss-reactive ketones (excluding diaryl/α,β-unsaturated/α-hetero) is 1. The molecule has 5 heteroatoms. The molecule has 0 fully saturated rings. The summed E-state index contributed by atoms with van der Waals surface area (Å²) in [4.78, 5) is 13.4. The Morgan fingerprint density at radius 1 is 1.12 bits per heavy atom. The summed E-state index contributed by atoms with van der Waals surface area (Å²) in [5.74, 6) is 1.47. The van der Waals surface area contributed by atoms with Crippen LogP contribution >= 0.6 is 27.3 Å². The van der Waals surface area contributed by atoms with E-state index in [0.717, 1.165) is 14.9 Å². The van der Waals surface area contributed by atoms with E-state index < -0.39 is 0 Å². The van der Waals surface area contributed by atoms with Gasteiger partial charge in [-0.15, -0.1) is 11.3 Å². The van der Waals surface area contributed by atoms with Crippen LogP contribution in [0.3, 0.4) is 0 Å². The first kappa shape index (κ1) is 16.1. The molecule has 0 N–H and O–H groups in total. The van der Waals surface area contributed by atoms with Gasteiger partial charge in [0.05, 0.1) is 5.56 Å². The van der Waals surface area contributed by atoms with Crippen LogP contribution in [-0.2, 0) is 6.61 Å². The fourth-order valence-electron chi connectivity index (χ4n) is 2.51. The average molecular weight is 413 g/mol. The third-order valence-corrected chi connectivity index (χ3v) is 5.12. The topological polar surface area (TPSA) is 35.5 Å². The molecule has 0 radical (unpaired) electrons. The number of carbonyl (C=O) groups excluding carboxylic acids is 1. The van der Waals surface area contributed by atoms with E-state index in [0.29, 0.717) is 29.4 Å². The second-order valence-electron chi connectivity index (χ2n) is 5.53. The minimum atomic E-state index is -0.0946. The molecule has 0 saturated carbocycles. The lowest BCUT2D eigenvalue weighted by molar-refractivity contribution is 0.101. The molecule has 1 aliphatic heterocycles. The first-order valence-corrected chi connectivity index (χ1v) is 9.35. The molecule has 3 nitrogen and oxygen atoms in total. The minimum absolute atomic E-state index is 0.0946. The Morgan fingerprint density at radius 2 is 1.96 bits per heavy atom. The van der Waals surface area contributed by atoms with Crippen molar-refractivity contribution in [3.05, 3.63) is 86.2 Å². The van der Waals surface area contributed by atoms with Gasteiger partial charge in [0.2, 0.25) is 5.78 Å². The van der Waals surface area contributed by atoms with E-state index in [1.54, 1.807) is 35.6 Å². The SMILES string of the molecule is O=C1/C(=C/c2cccs2)Oc2cc(OCc3ccc(Br)cc3)ccc21. The van der Waals surface area contributed by atoms with Gasteiger partial charge < -0.3 is 9.47 Å². The van der Waals surface area contributed by atoms with Crippen molar-refractivity contribution < 1.29 is 14.3 Å². The highest BCUT2D eigenvalue weighted by atomic mass is 79.9. The first-order chi connectivity index (χ1) is 12.2. The van der Waals surface area contributed by atoms with Crippen molar-refractivity contribution >= 4 is 39.1 Å². The Morgan fingerprint density at radius 3 is 2.72 bits per heavy atom. The highest BCUT2D eigenvalue weighted by Gasteiger charge is 2.27. The van der Waals surface area contributed by atoms with Crippen molar-refractivity contribution in [2.45, 2.75) is 6.61 Å². The lowest BCUT2D eigenvalue weighted by atomic mass is 10.1. The molecule has 124 valence electrons. The number of ether oxygens (including phenoxy) is 2. The standard InChI is InChI=1S/C20H13BrO3S/c21-14-5-3-13(4-6-14)12-23-15-7-8-17-18(10-15)24-19(20(17)22)11-16-2-1-9-25-16/h1-11H,12H2/b19-11-. The Kier molecular flexibility index (Phi) is 4.42. The number of thiophene rings is 1. The molecule has 2 heterocycles. The summed E-state index contributed by atoms with van der Waals surface area (Å²) in [7, 11) is 0. The number of allylic oxidation sites excluding steroid dienone is 1. The van der Waals surface area contributed by atoms with Crippen LogP contribution in [0.15, 0.2) is 70.2 Å². The van der Waals surface area contributed by atoms with Gasteiger partial charge in [-0.1, -0.05) is 34.1 Å². The third-order valence-electron chi connectivity index (χ3n) is 3.78. The number of carbonyl (C=O) groups is 1. The molecule has 3 aromatic rings. The molecule has 0 amide bonds. The maximum atomic E-state index is 12.4. The number of fused-ring (bicyclic) bond motifs is 1. The molecule has 0 saturated heterocycles. The predicted molar refractivity (Wildman–Crippen MR) is 102 cm³/mol. The maximum Gasteiger partial charge on any atom is 0.232 e. The smallest absolute Gasteiger partial charge is 0.232 e. The monoisotopic (exact) mass is 412 g/mol. The van der Waals surface area contributed by atoms with Crippen molar-refractivity contribution in [1.82, 2.24) is 0 Å². The summed E-state index contributed by atoms with van der Waals surface area (Å²) in [6.07, 6.45) is 1.77. The summed E-state index contributed by atoms with van der Waals surface area (Å²) in [5.41, 5.74) is 1.64. The molecule has 4 rings (SSSR count). The molecule has 2 aromatic carbocycles. The van der Waals surface area contributed by atoms with Gasteiger partial charge in [-0.3, -0.25) is 4.79 Å². The fraction of sp³-hybridized carbons (Fsp3) is 0.0500. The molecule has 25 heavy (non-hydrogen) atoms. The molecular weight excluding hydrogens is 400 g/mol. The summed E-state index contributed by atoms with van der Waals surface area (Å²) in [6, 6.07) is 17.2. The molecular formula is C20H13BrO3S. The summed E-state index contributed by atoms with van der Waals surface area (Å²) in [6.45, 7) is 0.456. The van der Waals surface area contributed by atoms with Crippen LogP contribution in [0.2, 0.25) is 0 Å². The molecule has 0 aliphatic carbocycles. The zero-order valence-electron chi connectivity index (χ0n) is 13.1. The van der Waals surface area contributed by atoms with Gasteiger partial charge in [-0.25, -0.2) is 0 Å². The van der Waals surface area contributed by atoms with Gasteiger partial charge >= 0.3 is 0 Å². The lowest BCUT2D eigenvalue weighted by Crippen LogP contribution is -1.97. The molecule has 0 spiro atoms. The number of hydrogen-bond donors (Lipinski definition) is 0. The quantitative estimate of drug-likeness (QED) is 0.515. The lowest BCUT2D eigenvalue weighted by Gasteiger charge is -2.07. The van der Waals surface area contributed by atoms with Crippen LogP contribution in [0.25, 0.3) is 6.08 Å². The van der Waals surface area contributed by atoms with Gasteiger partial charge in [0.15, 0.2) is 5.76 Å². The number of halogens is 1. The Hall–Kier alpha value is -2.37. The largest absolute Gasteiger partial charge is 0.489 e. The van der Waals surface area contributed by atoms with Crippen LogP contribution in [0.1, 0.15) is 20.8 Å². The number of benzene rings is 2. The van der Waals surface area contributed by atoms with Crippen LogP contribution in [-0.4, -0.2) is 5.78 Å². The third kappa shape index (κ3) is 3.52. The Labute approximate surface area is 157 Å². The van der Waals surface area contributed by atoms with E-state index in [4.69, 9.17) is 9.47 Å². The van der Waals surface area contributed by atoms with Gasteiger partial charge in [-0.2, -0.15) is 0 Å². The van der Waals surface area contributed by atoms with Crippen molar-refractivity contribution in [3.63, 3.8) is 0 Å². The van der Waals surface area contributed by atoms with E-state index >= 15 is 0 Å². The number of rotatable bonds is 4. The van der Waals surface area contributed by atoms with E-state index in [9.17, 15) is 4.79 Å². The molecule has 0 atom stereocenters. The van der Waals surface area contributed by atoms with Gasteiger partial charge in [0, 0.05) is 21.5 Å². The second kappa shape index (κ2) is 6.86. The number of ketones is 1. The molecule has 1 aliphatic rings. The number of hydrogen-bond acceptors (Lipinski definition) is 4. The Balaban J connectivity index is 1.50. The van der Waals surface area contributed by atoms with E-state index in [-0.39, 0.29) is 5.78 Å². The fourth-order valence-corrected chi connectivity index (χ4v) is 3.42. The zero-order chi connectivity index (χ0) is 17.2.